The molecule has 0 aliphatic carbocycles. The van der Waals surface area contributed by atoms with Crippen molar-refractivity contribution < 1.29 is 19.0 Å². The standard InChI is InChI=1S/C15H30O4Si/c1-9-11(16)13(12-10-17-15(5,6)18-12)19-20(7,8)14(2,3)4/h9,11-13,16H,1,10H2,2-8H3/t11-,12-,13+/m1/s1. The lowest BCUT2D eigenvalue weighted by molar-refractivity contribution is -0.155. The molecule has 3 atom stereocenters. The Hall–Kier alpha value is -0.203. The van der Waals surface area contributed by atoms with Crippen LogP contribution in [0.5, 0.6) is 0 Å². The first-order chi connectivity index (χ1) is 8.89. The molecule has 1 saturated heterocycles. The van der Waals surface area contributed by atoms with E-state index in [1.165, 1.54) is 6.08 Å². The molecule has 0 aromatic carbocycles. The van der Waals surface area contributed by atoms with Gasteiger partial charge in [-0.05, 0) is 32.0 Å². The van der Waals surface area contributed by atoms with Crippen LogP contribution >= 0.6 is 0 Å². The van der Waals surface area contributed by atoms with Gasteiger partial charge in [-0.1, -0.05) is 26.8 Å². The molecule has 0 radical (unpaired) electrons. The second kappa shape index (κ2) is 5.89. The molecular weight excluding hydrogens is 272 g/mol. The van der Waals surface area contributed by atoms with Crippen LogP contribution in [0, 0.1) is 0 Å². The van der Waals surface area contributed by atoms with Crippen molar-refractivity contribution in [1.82, 2.24) is 0 Å². The van der Waals surface area contributed by atoms with E-state index in [4.69, 9.17) is 13.9 Å². The highest BCUT2D eigenvalue weighted by Crippen LogP contribution is 2.39. The predicted octanol–water partition coefficient (Wildman–Crippen LogP) is 3.08. The quantitative estimate of drug-likeness (QED) is 0.626. The van der Waals surface area contributed by atoms with Crippen LogP contribution in [0.25, 0.3) is 0 Å². The molecule has 0 aromatic heterocycles. The smallest absolute Gasteiger partial charge is 0.192 e. The van der Waals surface area contributed by atoms with Gasteiger partial charge in [-0.25, -0.2) is 0 Å². The summed E-state index contributed by atoms with van der Waals surface area (Å²) < 4.78 is 17.8. The number of hydrogen-bond acceptors (Lipinski definition) is 4. The van der Waals surface area contributed by atoms with Crippen molar-refractivity contribution in [3.05, 3.63) is 12.7 Å². The van der Waals surface area contributed by atoms with Crippen LogP contribution in [0.1, 0.15) is 34.6 Å². The van der Waals surface area contributed by atoms with E-state index in [1.54, 1.807) is 0 Å². The van der Waals surface area contributed by atoms with Crippen molar-refractivity contribution in [3.8, 4) is 0 Å². The SMILES string of the molecule is C=C[C@@H](O)[C@H](O[Si](C)(C)C(C)(C)C)[C@H]1COC(C)(C)O1. The van der Waals surface area contributed by atoms with E-state index in [0.29, 0.717) is 6.61 Å². The lowest BCUT2D eigenvalue weighted by Gasteiger charge is -2.41. The number of aliphatic hydroxyl groups excluding tert-OH is 1. The van der Waals surface area contributed by atoms with Gasteiger partial charge in [0, 0.05) is 0 Å². The topological polar surface area (TPSA) is 47.9 Å². The van der Waals surface area contributed by atoms with Crippen molar-refractivity contribution in [2.24, 2.45) is 0 Å². The van der Waals surface area contributed by atoms with E-state index < -0.39 is 26.3 Å². The normalized spacial score (nSPS) is 26.3. The molecule has 0 spiro atoms. The number of hydrogen-bond donors (Lipinski definition) is 1. The molecular formula is C15H30O4Si. The van der Waals surface area contributed by atoms with Gasteiger partial charge in [0.25, 0.3) is 0 Å². The predicted molar refractivity (Wildman–Crippen MR) is 83.2 cm³/mol. The first-order valence-electron chi connectivity index (χ1n) is 7.20. The first kappa shape index (κ1) is 17.8. The number of rotatable bonds is 5. The maximum atomic E-state index is 10.2. The Kier molecular flexibility index (Phi) is 5.25. The van der Waals surface area contributed by atoms with Gasteiger partial charge in [0.1, 0.15) is 12.2 Å². The molecule has 1 fully saturated rings. The van der Waals surface area contributed by atoms with E-state index in [-0.39, 0.29) is 11.1 Å². The first-order valence-corrected chi connectivity index (χ1v) is 10.1. The Morgan fingerprint density at radius 1 is 1.40 bits per heavy atom. The van der Waals surface area contributed by atoms with Gasteiger partial charge in [-0.15, -0.1) is 6.58 Å². The minimum Gasteiger partial charge on any atom is -0.408 e. The molecule has 0 unspecified atom stereocenters. The Bertz CT molecular complexity index is 346. The fraction of sp³-hybridized carbons (Fsp3) is 0.867. The second-order valence-corrected chi connectivity index (χ2v) is 12.2. The van der Waals surface area contributed by atoms with Gasteiger partial charge < -0.3 is 19.0 Å². The largest absolute Gasteiger partial charge is 0.408 e. The van der Waals surface area contributed by atoms with Crippen LogP contribution in [-0.2, 0) is 13.9 Å². The van der Waals surface area contributed by atoms with Crippen molar-refractivity contribution in [3.63, 3.8) is 0 Å². The average molecular weight is 302 g/mol. The zero-order chi connectivity index (χ0) is 15.8. The molecule has 4 nitrogen and oxygen atoms in total. The maximum Gasteiger partial charge on any atom is 0.192 e. The van der Waals surface area contributed by atoms with Gasteiger partial charge in [0.15, 0.2) is 14.1 Å². The molecule has 1 N–H and O–H groups in total. The third-order valence-corrected chi connectivity index (χ3v) is 8.69. The van der Waals surface area contributed by atoms with Gasteiger partial charge in [0.2, 0.25) is 0 Å². The van der Waals surface area contributed by atoms with E-state index in [2.05, 4.69) is 40.4 Å². The summed E-state index contributed by atoms with van der Waals surface area (Å²) in [5, 5.41) is 10.3. The molecule has 5 heteroatoms. The molecule has 0 saturated carbocycles. The number of aliphatic hydroxyl groups is 1. The number of ether oxygens (including phenoxy) is 2. The molecule has 0 amide bonds. The third kappa shape index (κ3) is 4.15. The summed E-state index contributed by atoms with van der Waals surface area (Å²) in [4.78, 5) is 0. The minimum absolute atomic E-state index is 0.0706. The summed E-state index contributed by atoms with van der Waals surface area (Å²) in [7, 11) is -2.00. The summed E-state index contributed by atoms with van der Waals surface area (Å²) in [6.45, 7) is 18.7. The Balaban J connectivity index is 2.89. The van der Waals surface area contributed by atoms with E-state index >= 15 is 0 Å². The summed E-state index contributed by atoms with van der Waals surface area (Å²) in [5.74, 6) is -0.624. The molecule has 1 heterocycles. The molecule has 1 rings (SSSR count). The van der Waals surface area contributed by atoms with Crippen molar-refractivity contribution in [2.75, 3.05) is 6.61 Å². The van der Waals surface area contributed by atoms with Gasteiger partial charge >= 0.3 is 0 Å². The summed E-state index contributed by atoms with van der Waals surface area (Å²) in [6.07, 6.45) is 0.0425. The van der Waals surface area contributed by atoms with Crippen LogP contribution in [0.2, 0.25) is 18.1 Å². The summed E-state index contributed by atoms with van der Waals surface area (Å²) >= 11 is 0. The molecule has 20 heavy (non-hydrogen) atoms. The molecule has 1 aliphatic rings. The minimum atomic E-state index is -2.00. The average Bonchev–Trinajstić information content (AvgIpc) is 2.64. The van der Waals surface area contributed by atoms with Gasteiger partial charge in [-0.2, -0.15) is 0 Å². The Morgan fingerprint density at radius 2 is 1.95 bits per heavy atom. The summed E-state index contributed by atoms with van der Waals surface area (Å²) in [6, 6.07) is 0. The summed E-state index contributed by atoms with van der Waals surface area (Å²) in [5.41, 5.74) is 0. The van der Waals surface area contributed by atoms with Crippen molar-refractivity contribution >= 4 is 8.32 Å². The molecule has 0 bridgehead atoms. The molecule has 0 aromatic rings. The zero-order valence-electron chi connectivity index (χ0n) is 13.9. The molecule has 118 valence electrons. The maximum absolute atomic E-state index is 10.2. The highest BCUT2D eigenvalue weighted by molar-refractivity contribution is 6.74. The fourth-order valence-electron chi connectivity index (χ4n) is 1.89. The van der Waals surface area contributed by atoms with Crippen LogP contribution in [0.4, 0.5) is 0 Å². The lowest BCUT2D eigenvalue weighted by Crippen LogP contribution is -2.51. The van der Waals surface area contributed by atoms with Crippen LogP contribution in [0.3, 0.4) is 0 Å². The van der Waals surface area contributed by atoms with E-state index in [9.17, 15) is 5.11 Å². The van der Waals surface area contributed by atoms with Crippen LogP contribution in [-0.4, -0.2) is 44.1 Å². The van der Waals surface area contributed by atoms with Crippen LogP contribution < -0.4 is 0 Å². The Labute approximate surface area is 124 Å². The van der Waals surface area contributed by atoms with Crippen molar-refractivity contribution in [1.29, 1.82) is 0 Å². The monoisotopic (exact) mass is 302 g/mol. The lowest BCUT2D eigenvalue weighted by atomic mass is 10.1. The molecule has 1 aliphatic heterocycles. The third-order valence-electron chi connectivity index (χ3n) is 4.21. The van der Waals surface area contributed by atoms with E-state index in [0.717, 1.165) is 0 Å². The zero-order valence-corrected chi connectivity index (χ0v) is 14.9. The highest BCUT2D eigenvalue weighted by atomic mass is 28.4. The van der Waals surface area contributed by atoms with Crippen LogP contribution in [0.15, 0.2) is 12.7 Å². The highest BCUT2D eigenvalue weighted by Gasteiger charge is 2.46. The van der Waals surface area contributed by atoms with Gasteiger partial charge in [-0.3, -0.25) is 0 Å². The second-order valence-electron chi connectivity index (χ2n) is 7.44. The van der Waals surface area contributed by atoms with E-state index in [1.807, 2.05) is 13.8 Å². The van der Waals surface area contributed by atoms with Gasteiger partial charge in [0.05, 0.1) is 12.7 Å². The van der Waals surface area contributed by atoms with Crippen molar-refractivity contribution in [2.45, 2.75) is 76.8 Å². The fourth-order valence-corrected chi connectivity index (χ4v) is 3.22. The Morgan fingerprint density at radius 3 is 2.30 bits per heavy atom.